The number of nitrogens with zero attached hydrogens (tertiary/aromatic N) is 1. The van der Waals surface area contributed by atoms with E-state index in [0.29, 0.717) is 24.5 Å². The highest BCUT2D eigenvalue weighted by atomic mass is 35.5. The maximum absolute atomic E-state index is 13.3. The van der Waals surface area contributed by atoms with Crippen molar-refractivity contribution in [1.29, 1.82) is 0 Å². The van der Waals surface area contributed by atoms with Crippen molar-refractivity contribution < 1.29 is 18.0 Å². The molecule has 11 heteroatoms. The first kappa shape index (κ1) is 22.8. The molecule has 1 aliphatic heterocycles. The monoisotopic (exact) mass is 517 g/mol. The Balaban J connectivity index is 1.34. The molecule has 4 bridgehead atoms. The number of rotatable bonds is 5. The van der Waals surface area contributed by atoms with Gasteiger partial charge in [-0.25, -0.2) is 8.42 Å². The molecule has 0 aromatic heterocycles. The number of amides is 2. The fourth-order valence-corrected chi connectivity index (χ4v) is 9.95. The SMILES string of the molecule is NC(=O)C12CC3CC(C1)C(NC(=O)C1SCCN1S(=O)(=O)c1ccc(Cl)c(Cl)c1)C(C3)C2. The molecule has 3 atom stereocenters. The van der Waals surface area contributed by atoms with Crippen LogP contribution in [0.15, 0.2) is 23.1 Å². The van der Waals surface area contributed by atoms with Gasteiger partial charge in [0.25, 0.3) is 0 Å². The summed E-state index contributed by atoms with van der Waals surface area (Å²) in [7, 11) is -3.91. The number of nitrogens with one attached hydrogen (secondary N) is 1. The van der Waals surface area contributed by atoms with E-state index in [1.807, 2.05) is 0 Å². The van der Waals surface area contributed by atoms with Crippen LogP contribution in [0.3, 0.4) is 0 Å². The molecule has 2 amide bonds. The second kappa shape index (κ2) is 8.05. The standard InChI is InChI=1S/C21H25Cl2N3O4S2/c22-15-2-1-14(7-16(15)23)32(29,30)26-3-4-31-19(26)18(27)25-17-12-5-11-6-13(17)10-21(8-11,9-12)20(24)28/h1-2,7,11-13,17,19H,3-6,8-10H2,(H2,24,28)(H,25,27). The van der Waals surface area contributed by atoms with Gasteiger partial charge in [0.05, 0.1) is 14.9 Å². The van der Waals surface area contributed by atoms with Crippen LogP contribution in [0.25, 0.3) is 0 Å². The summed E-state index contributed by atoms with van der Waals surface area (Å²) < 4.78 is 27.7. The topological polar surface area (TPSA) is 110 Å². The lowest BCUT2D eigenvalue weighted by molar-refractivity contribution is -0.147. The molecular weight excluding hydrogens is 493 g/mol. The van der Waals surface area contributed by atoms with Crippen LogP contribution in [-0.4, -0.2) is 48.3 Å². The molecule has 1 aromatic rings. The van der Waals surface area contributed by atoms with Crippen molar-refractivity contribution in [3.63, 3.8) is 0 Å². The first-order chi connectivity index (χ1) is 15.1. The predicted octanol–water partition coefficient (Wildman–Crippen LogP) is 2.85. The molecular formula is C21H25Cl2N3O4S2. The predicted molar refractivity (Wildman–Crippen MR) is 124 cm³/mol. The van der Waals surface area contributed by atoms with Crippen molar-refractivity contribution >= 4 is 56.8 Å². The number of carbonyl (C=O) groups is 2. The zero-order valence-electron chi connectivity index (χ0n) is 17.3. The lowest BCUT2D eigenvalue weighted by atomic mass is 9.47. The van der Waals surface area contributed by atoms with E-state index in [-0.39, 0.29) is 51.2 Å². The molecule has 5 aliphatic rings. The number of hydrogen-bond acceptors (Lipinski definition) is 5. The van der Waals surface area contributed by atoms with Crippen molar-refractivity contribution in [1.82, 2.24) is 9.62 Å². The van der Waals surface area contributed by atoms with Gasteiger partial charge in [0.2, 0.25) is 21.8 Å². The number of nitrogens with two attached hydrogens (primary N) is 1. The lowest BCUT2D eigenvalue weighted by Gasteiger charge is -2.58. The van der Waals surface area contributed by atoms with Crippen LogP contribution in [0.2, 0.25) is 10.0 Å². The van der Waals surface area contributed by atoms with Crippen LogP contribution in [0.1, 0.15) is 32.1 Å². The number of carbonyl (C=O) groups excluding carboxylic acids is 2. The second-order valence-corrected chi connectivity index (χ2v) is 13.5. The minimum absolute atomic E-state index is 0.0187. The highest BCUT2D eigenvalue weighted by Crippen LogP contribution is 2.60. The lowest BCUT2D eigenvalue weighted by Crippen LogP contribution is -2.63. The van der Waals surface area contributed by atoms with E-state index in [9.17, 15) is 18.0 Å². The molecule has 32 heavy (non-hydrogen) atoms. The summed E-state index contributed by atoms with van der Waals surface area (Å²) in [5.41, 5.74) is 5.33. The minimum atomic E-state index is -3.91. The summed E-state index contributed by atoms with van der Waals surface area (Å²) in [4.78, 5) is 25.5. The Labute approximate surface area is 201 Å². The molecule has 1 aromatic carbocycles. The van der Waals surface area contributed by atoms with Crippen LogP contribution in [-0.2, 0) is 19.6 Å². The summed E-state index contributed by atoms with van der Waals surface area (Å²) >= 11 is 13.3. The van der Waals surface area contributed by atoms with Crippen LogP contribution in [0, 0.1) is 23.2 Å². The largest absolute Gasteiger partial charge is 0.369 e. The minimum Gasteiger partial charge on any atom is -0.369 e. The molecule has 0 spiro atoms. The summed E-state index contributed by atoms with van der Waals surface area (Å²) in [5, 5.41) is 2.75. The van der Waals surface area contributed by atoms with E-state index in [1.165, 1.54) is 34.3 Å². The number of benzene rings is 1. The van der Waals surface area contributed by atoms with Crippen LogP contribution in [0.4, 0.5) is 0 Å². The van der Waals surface area contributed by atoms with Gasteiger partial charge in [0, 0.05) is 23.8 Å². The highest BCUT2D eigenvalue weighted by molar-refractivity contribution is 8.02. The maximum atomic E-state index is 13.3. The smallest absolute Gasteiger partial charge is 0.248 e. The zero-order chi connectivity index (χ0) is 22.8. The number of hydrogen-bond donors (Lipinski definition) is 2. The van der Waals surface area contributed by atoms with Gasteiger partial charge in [-0.1, -0.05) is 23.2 Å². The van der Waals surface area contributed by atoms with Gasteiger partial charge in [0.15, 0.2) is 0 Å². The molecule has 3 unspecified atom stereocenters. The van der Waals surface area contributed by atoms with Crippen molar-refractivity contribution in [3.8, 4) is 0 Å². The molecule has 4 saturated carbocycles. The molecule has 1 heterocycles. The fraction of sp³-hybridized carbons (Fsp3) is 0.619. The molecule has 6 rings (SSSR count). The third-order valence-electron chi connectivity index (χ3n) is 7.68. The third-order valence-corrected chi connectivity index (χ3v) is 11.6. The third kappa shape index (κ3) is 3.64. The van der Waals surface area contributed by atoms with Crippen molar-refractivity contribution in [2.45, 2.75) is 48.4 Å². The van der Waals surface area contributed by atoms with Gasteiger partial charge >= 0.3 is 0 Å². The van der Waals surface area contributed by atoms with E-state index in [0.717, 1.165) is 19.3 Å². The first-order valence-corrected chi connectivity index (χ1v) is 14.0. The van der Waals surface area contributed by atoms with Crippen molar-refractivity contribution in [2.75, 3.05) is 12.3 Å². The Bertz CT molecular complexity index is 1070. The molecule has 174 valence electrons. The normalized spacial score (nSPS) is 36.4. The van der Waals surface area contributed by atoms with Gasteiger partial charge in [-0.05, 0) is 68.1 Å². The Morgan fingerprint density at radius 1 is 1.12 bits per heavy atom. The van der Waals surface area contributed by atoms with Crippen LogP contribution < -0.4 is 11.1 Å². The van der Waals surface area contributed by atoms with Gasteiger partial charge in [-0.15, -0.1) is 11.8 Å². The van der Waals surface area contributed by atoms with E-state index in [1.54, 1.807) is 0 Å². The quantitative estimate of drug-likeness (QED) is 0.623. The Morgan fingerprint density at radius 3 is 2.44 bits per heavy atom. The summed E-state index contributed by atoms with van der Waals surface area (Å²) in [6.45, 7) is 0.246. The Morgan fingerprint density at radius 2 is 1.81 bits per heavy atom. The molecule has 5 fully saturated rings. The van der Waals surface area contributed by atoms with E-state index in [4.69, 9.17) is 28.9 Å². The maximum Gasteiger partial charge on any atom is 0.248 e. The van der Waals surface area contributed by atoms with E-state index < -0.39 is 20.8 Å². The molecule has 1 saturated heterocycles. The summed E-state index contributed by atoms with van der Waals surface area (Å²) in [6, 6.07) is 4.13. The number of thioether (sulfide) groups is 1. The zero-order valence-corrected chi connectivity index (χ0v) is 20.4. The average Bonchev–Trinajstić information content (AvgIpc) is 3.23. The Kier molecular flexibility index (Phi) is 5.73. The van der Waals surface area contributed by atoms with Crippen molar-refractivity contribution in [2.24, 2.45) is 28.9 Å². The number of sulfonamides is 1. The molecule has 0 radical (unpaired) electrons. The molecule has 3 N–H and O–H groups in total. The van der Waals surface area contributed by atoms with Crippen molar-refractivity contribution in [3.05, 3.63) is 28.2 Å². The second-order valence-electron chi connectivity index (χ2n) is 9.56. The van der Waals surface area contributed by atoms with Gasteiger partial charge in [-0.2, -0.15) is 4.31 Å². The molecule has 7 nitrogen and oxygen atoms in total. The number of primary amides is 1. The first-order valence-electron chi connectivity index (χ1n) is 10.8. The van der Waals surface area contributed by atoms with Crippen LogP contribution in [0.5, 0.6) is 0 Å². The van der Waals surface area contributed by atoms with Gasteiger partial charge in [-0.3, -0.25) is 9.59 Å². The Hall–Kier alpha value is -1.000. The summed E-state index contributed by atoms with van der Waals surface area (Å²) in [5.74, 6) is 0.936. The van der Waals surface area contributed by atoms with Gasteiger partial charge < -0.3 is 11.1 Å². The molecule has 4 aliphatic carbocycles. The highest BCUT2D eigenvalue weighted by Gasteiger charge is 2.58. The fourth-order valence-electron chi connectivity index (χ4n) is 6.48. The summed E-state index contributed by atoms with van der Waals surface area (Å²) in [6.07, 6.45) is 4.26. The van der Waals surface area contributed by atoms with E-state index in [2.05, 4.69) is 5.32 Å². The number of halogens is 2. The van der Waals surface area contributed by atoms with Gasteiger partial charge in [0.1, 0.15) is 5.37 Å². The average molecular weight is 518 g/mol. The van der Waals surface area contributed by atoms with E-state index >= 15 is 0 Å². The van der Waals surface area contributed by atoms with Crippen LogP contribution >= 0.6 is 35.0 Å².